The van der Waals surface area contributed by atoms with Crippen molar-refractivity contribution in [3.05, 3.63) is 0 Å². The van der Waals surface area contributed by atoms with Crippen molar-refractivity contribution in [2.24, 2.45) is 0 Å². The molecular formula is C22H49N3O2. The summed E-state index contributed by atoms with van der Waals surface area (Å²) in [4.78, 5) is 9.00. The molecule has 0 heterocycles. The van der Waals surface area contributed by atoms with Gasteiger partial charge in [0.25, 0.3) is 5.97 Å². The van der Waals surface area contributed by atoms with Gasteiger partial charge in [-0.05, 0) is 25.9 Å². The molecule has 0 bridgehead atoms. The minimum Gasteiger partial charge on any atom is -0.481 e. The molecule has 0 fully saturated rings. The van der Waals surface area contributed by atoms with Crippen molar-refractivity contribution in [3.8, 4) is 0 Å². The average Bonchev–Trinajstić information content (AvgIpc) is 2.63. The average molecular weight is 388 g/mol. The van der Waals surface area contributed by atoms with Gasteiger partial charge in [-0.25, -0.2) is 0 Å². The quantitative estimate of drug-likeness (QED) is 0.230. The normalized spacial score (nSPS) is 10.5. The standard InChI is InChI=1S/C20H45N3.C2H4O2/c1-3-5-7-9-11-13-15-21-17-19-23-20-18-22-16-14-12-10-8-6-4-2;1-2(3)4/h21-23H,3-20H2,1-2H3;1H3,(H,3,4). The highest BCUT2D eigenvalue weighted by atomic mass is 16.4. The van der Waals surface area contributed by atoms with Crippen LogP contribution in [0.4, 0.5) is 0 Å². The Morgan fingerprint density at radius 3 is 1.15 bits per heavy atom. The number of carbonyl (C=O) groups is 1. The van der Waals surface area contributed by atoms with Crippen molar-refractivity contribution >= 4 is 5.97 Å². The van der Waals surface area contributed by atoms with Crippen LogP contribution < -0.4 is 16.0 Å². The van der Waals surface area contributed by atoms with E-state index in [4.69, 9.17) is 9.90 Å². The van der Waals surface area contributed by atoms with Crippen LogP contribution in [0.15, 0.2) is 0 Å². The highest BCUT2D eigenvalue weighted by Gasteiger charge is 1.92. The predicted octanol–water partition coefficient (Wildman–Crippen LogP) is 4.57. The predicted molar refractivity (Wildman–Crippen MR) is 119 cm³/mol. The number of hydrogen-bond acceptors (Lipinski definition) is 4. The van der Waals surface area contributed by atoms with Gasteiger partial charge in [-0.1, -0.05) is 78.1 Å². The molecule has 0 spiro atoms. The first-order valence-electron chi connectivity index (χ1n) is 11.5. The van der Waals surface area contributed by atoms with E-state index in [1.54, 1.807) is 0 Å². The fraction of sp³-hybridized carbons (Fsp3) is 0.955. The van der Waals surface area contributed by atoms with E-state index in [-0.39, 0.29) is 0 Å². The Bertz CT molecular complexity index is 252. The summed E-state index contributed by atoms with van der Waals surface area (Å²) in [6.45, 7) is 12.4. The molecule has 0 radical (unpaired) electrons. The third-order valence-electron chi connectivity index (χ3n) is 4.37. The molecule has 0 aliphatic rings. The minimum absolute atomic E-state index is 0.833. The lowest BCUT2D eigenvalue weighted by Crippen LogP contribution is -2.33. The van der Waals surface area contributed by atoms with Gasteiger partial charge in [0.05, 0.1) is 0 Å². The minimum atomic E-state index is -0.833. The molecule has 0 aliphatic heterocycles. The van der Waals surface area contributed by atoms with Crippen LogP contribution in [0.5, 0.6) is 0 Å². The van der Waals surface area contributed by atoms with Crippen molar-refractivity contribution < 1.29 is 9.90 Å². The Labute approximate surface area is 169 Å². The van der Waals surface area contributed by atoms with Crippen LogP contribution in [-0.2, 0) is 4.79 Å². The number of unbranched alkanes of at least 4 members (excludes halogenated alkanes) is 10. The molecule has 4 N–H and O–H groups in total. The van der Waals surface area contributed by atoms with Gasteiger partial charge in [0, 0.05) is 33.1 Å². The molecule has 5 heteroatoms. The van der Waals surface area contributed by atoms with Gasteiger partial charge < -0.3 is 21.1 Å². The first-order chi connectivity index (χ1) is 13.1. The molecule has 164 valence electrons. The molecule has 0 aromatic rings. The highest BCUT2D eigenvalue weighted by Crippen LogP contribution is 2.04. The van der Waals surface area contributed by atoms with E-state index in [0.717, 1.165) is 33.1 Å². The number of nitrogens with one attached hydrogen (secondary N) is 3. The number of hydrogen-bond donors (Lipinski definition) is 4. The van der Waals surface area contributed by atoms with E-state index in [9.17, 15) is 0 Å². The van der Waals surface area contributed by atoms with Crippen LogP contribution in [-0.4, -0.2) is 50.3 Å². The fourth-order valence-electron chi connectivity index (χ4n) is 2.79. The largest absolute Gasteiger partial charge is 0.481 e. The van der Waals surface area contributed by atoms with Crippen LogP contribution in [0, 0.1) is 0 Å². The maximum atomic E-state index is 9.00. The molecule has 0 aliphatic carbocycles. The van der Waals surface area contributed by atoms with E-state index in [1.807, 2.05) is 0 Å². The van der Waals surface area contributed by atoms with E-state index >= 15 is 0 Å². The summed E-state index contributed by atoms with van der Waals surface area (Å²) >= 11 is 0. The van der Waals surface area contributed by atoms with E-state index < -0.39 is 5.97 Å². The second kappa shape index (κ2) is 27.6. The van der Waals surface area contributed by atoms with Crippen LogP contribution in [0.25, 0.3) is 0 Å². The number of carboxylic acids is 1. The Morgan fingerprint density at radius 1 is 0.556 bits per heavy atom. The first kappa shape index (κ1) is 28.6. The zero-order chi connectivity index (χ0) is 20.4. The van der Waals surface area contributed by atoms with Crippen molar-refractivity contribution in [2.75, 3.05) is 39.3 Å². The summed E-state index contributed by atoms with van der Waals surface area (Å²) in [7, 11) is 0. The molecule has 0 aromatic heterocycles. The third kappa shape index (κ3) is 36.9. The molecule has 27 heavy (non-hydrogen) atoms. The van der Waals surface area contributed by atoms with Crippen molar-refractivity contribution in [2.45, 2.75) is 97.8 Å². The lowest BCUT2D eigenvalue weighted by atomic mass is 10.1. The summed E-state index contributed by atoms with van der Waals surface area (Å²) in [6, 6.07) is 0. The number of aliphatic carboxylic acids is 1. The SMILES string of the molecule is CC(=O)O.CCCCCCCCNCCNCCNCCCCCCCC. The van der Waals surface area contributed by atoms with Gasteiger partial charge in [0.15, 0.2) is 0 Å². The number of rotatable bonds is 20. The van der Waals surface area contributed by atoms with Crippen LogP contribution in [0.1, 0.15) is 97.8 Å². The Hall–Kier alpha value is -0.650. The van der Waals surface area contributed by atoms with Crippen molar-refractivity contribution in [3.63, 3.8) is 0 Å². The summed E-state index contributed by atoms with van der Waals surface area (Å²) < 4.78 is 0. The molecule has 0 saturated carbocycles. The zero-order valence-electron chi connectivity index (χ0n) is 18.6. The second-order valence-corrected chi connectivity index (χ2v) is 7.30. The first-order valence-corrected chi connectivity index (χ1v) is 11.5. The van der Waals surface area contributed by atoms with Gasteiger partial charge in [0.1, 0.15) is 0 Å². The maximum absolute atomic E-state index is 9.00. The third-order valence-corrected chi connectivity index (χ3v) is 4.37. The Morgan fingerprint density at radius 2 is 0.815 bits per heavy atom. The fourth-order valence-corrected chi connectivity index (χ4v) is 2.79. The van der Waals surface area contributed by atoms with E-state index in [1.165, 1.54) is 90.1 Å². The molecule has 0 unspecified atom stereocenters. The summed E-state index contributed by atoms with van der Waals surface area (Å²) in [6.07, 6.45) is 16.6. The van der Waals surface area contributed by atoms with Crippen molar-refractivity contribution in [1.82, 2.24) is 16.0 Å². The van der Waals surface area contributed by atoms with Gasteiger partial charge >= 0.3 is 0 Å². The van der Waals surface area contributed by atoms with Gasteiger partial charge in [-0.15, -0.1) is 0 Å². The lowest BCUT2D eigenvalue weighted by molar-refractivity contribution is -0.134. The molecule has 0 atom stereocenters. The smallest absolute Gasteiger partial charge is 0.300 e. The molecule has 5 nitrogen and oxygen atoms in total. The summed E-state index contributed by atoms with van der Waals surface area (Å²) in [5, 5.41) is 18.0. The molecule has 0 saturated heterocycles. The summed E-state index contributed by atoms with van der Waals surface area (Å²) in [5.74, 6) is -0.833. The van der Waals surface area contributed by atoms with Gasteiger partial charge in [0.2, 0.25) is 0 Å². The Balaban J connectivity index is 0. The van der Waals surface area contributed by atoms with Crippen LogP contribution in [0.2, 0.25) is 0 Å². The molecular weight excluding hydrogens is 338 g/mol. The second-order valence-electron chi connectivity index (χ2n) is 7.30. The highest BCUT2D eigenvalue weighted by molar-refractivity contribution is 5.62. The van der Waals surface area contributed by atoms with Gasteiger partial charge in [-0.3, -0.25) is 4.79 Å². The molecule has 0 amide bonds. The maximum Gasteiger partial charge on any atom is 0.300 e. The molecule has 0 aromatic carbocycles. The summed E-state index contributed by atoms with van der Waals surface area (Å²) in [5.41, 5.74) is 0. The lowest BCUT2D eigenvalue weighted by Gasteiger charge is -2.08. The molecule has 0 rings (SSSR count). The zero-order valence-corrected chi connectivity index (χ0v) is 18.6. The van der Waals surface area contributed by atoms with Gasteiger partial charge in [-0.2, -0.15) is 0 Å². The van der Waals surface area contributed by atoms with Crippen molar-refractivity contribution in [1.29, 1.82) is 0 Å². The number of carboxylic acid groups (broad SMARTS) is 1. The monoisotopic (exact) mass is 387 g/mol. The van der Waals surface area contributed by atoms with E-state index in [0.29, 0.717) is 0 Å². The van der Waals surface area contributed by atoms with E-state index in [2.05, 4.69) is 29.8 Å². The van der Waals surface area contributed by atoms with Crippen LogP contribution in [0.3, 0.4) is 0 Å². The topological polar surface area (TPSA) is 73.4 Å². The van der Waals surface area contributed by atoms with Crippen LogP contribution >= 0.6 is 0 Å². The Kier molecular flexibility index (Phi) is 29.2.